The number of ether oxygens (including phenoxy) is 2. The Kier molecular flexibility index (Phi) is 4.01. The Morgan fingerprint density at radius 2 is 2.18 bits per heavy atom. The standard InChI is InChI=1S/C19H16N4O4S/c24-17-6-11(8-23(17)12-3-4-15-16(7-12)27-10-26-15)18(25)22-19-21-14(9-28-19)13-2-1-5-20-13/h1-5,7,9,11,20H,6,8,10H2,(H,21,22,25)/t11-/m1/s1. The van der Waals surface area contributed by atoms with Gasteiger partial charge < -0.3 is 24.7 Å². The van der Waals surface area contributed by atoms with E-state index in [9.17, 15) is 9.59 Å². The van der Waals surface area contributed by atoms with Crippen molar-refractivity contribution in [2.24, 2.45) is 5.92 Å². The van der Waals surface area contributed by atoms with E-state index in [2.05, 4.69) is 15.3 Å². The molecule has 3 aromatic rings. The maximum absolute atomic E-state index is 12.6. The smallest absolute Gasteiger partial charge is 0.231 e. The number of benzene rings is 1. The molecule has 5 rings (SSSR count). The van der Waals surface area contributed by atoms with Crippen LogP contribution in [0.2, 0.25) is 0 Å². The number of hydrogen-bond acceptors (Lipinski definition) is 6. The number of aromatic amines is 1. The lowest BCUT2D eigenvalue weighted by Crippen LogP contribution is -2.28. The van der Waals surface area contributed by atoms with Crippen molar-refractivity contribution in [3.05, 3.63) is 41.9 Å². The molecule has 2 amide bonds. The average Bonchev–Trinajstić information content (AvgIpc) is 3.47. The number of nitrogens with zero attached hydrogens (tertiary/aromatic N) is 2. The molecule has 28 heavy (non-hydrogen) atoms. The number of anilines is 2. The van der Waals surface area contributed by atoms with Gasteiger partial charge in [0.25, 0.3) is 0 Å². The second kappa shape index (κ2) is 6.68. The SMILES string of the molecule is O=C(Nc1nc(-c2ccc[nH]2)cs1)[C@@H]1CC(=O)N(c2ccc3c(c2)OCO3)C1. The fourth-order valence-electron chi connectivity index (χ4n) is 3.34. The van der Waals surface area contributed by atoms with E-state index in [-0.39, 0.29) is 25.0 Å². The summed E-state index contributed by atoms with van der Waals surface area (Å²) in [7, 11) is 0. The lowest BCUT2D eigenvalue weighted by atomic mass is 10.1. The van der Waals surface area contributed by atoms with Gasteiger partial charge in [0, 0.05) is 36.3 Å². The normalized spacial score (nSPS) is 17.9. The van der Waals surface area contributed by atoms with Gasteiger partial charge in [-0.2, -0.15) is 0 Å². The summed E-state index contributed by atoms with van der Waals surface area (Å²) in [6.07, 6.45) is 1.98. The van der Waals surface area contributed by atoms with E-state index in [1.165, 1.54) is 11.3 Å². The van der Waals surface area contributed by atoms with E-state index in [1.807, 2.05) is 23.7 Å². The minimum absolute atomic E-state index is 0.0924. The predicted octanol–water partition coefficient (Wildman–Crippen LogP) is 2.86. The van der Waals surface area contributed by atoms with Crippen molar-refractivity contribution >= 4 is 34.0 Å². The molecule has 0 radical (unpaired) electrons. The molecule has 8 nitrogen and oxygen atoms in total. The van der Waals surface area contributed by atoms with Crippen molar-refractivity contribution < 1.29 is 19.1 Å². The summed E-state index contributed by atoms with van der Waals surface area (Å²) in [5.41, 5.74) is 2.37. The van der Waals surface area contributed by atoms with Crippen LogP contribution in [0.5, 0.6) is 11.5 Å². The van der Waals surface area contributed by atoms with E-state index < -0.39 is 5.92 Å². The first kappa shape index (κ1) is 16.8. The van der Waals surface area contributed by atoms with E-state index in [4.69, 9.17) is 9.47 Å². The highest BCUT2D eigenvalue weighted by Gasteiger charge is 2.36. The number of nitrogens with one attached hydrogen (secondary N) is 2. The first-order chi connectivity index (χ1) is 13.7. The molecule has 9 heteroatoms. The first-order valence-electron chi connectivity index (χ1n) is 8.77. The number of carbonyl (C=O) groups is 2. The molecule has 2 N–H and O–H groups in total. The fourth-order valence-corrected chi connectivity index (χ4v) is 4.05. The van der Waals surface area contributed by atoms with Gasteiger partial charge in [-0.3, -0.25) is 9.59 Å². The third kappa shape index (κ3) is 2.99. The van der Waals surface area contributed by atoms with Crippen molar-refractivity contribution in [1.82, 2.24) is 9.97 Å². The summed E-state index contributed by atoms with van der Waals surface area (Å²) in [5, 5.41) is 5.22. The number of carbonyl (C=O) groups excluding carboxylic acids is 2. The highest BCUT2D eigenvalue weighted by Crippen LogP contribution is 2.37. The quantitative estimate of drug-likeness (QED) is 0.707. The lowest BCUT2D eigenvalue weighted by Gasteiger charge is -2.17. The average molecular weight is 396 g/mol. The third-order valence-corrected chi connectivity index (χ3v) is 5.53. The van der Waals surface area contributed by atoms with Crippen molar-refractivity contribution in [3.8, 4) is 22.9 Å². The van der Waals surface area contributed by atoms with Gasteiger partial charge in [-0.05, 0) is 24.3 Å². The van der Waals surface area contributed by atoms with Crippen LogP contribution in [0.1, 0.15) is 6.42 Å². The number of fused-ring (bicyclic) bond motifs is 1. The van der Waals surface area contributed by atoms with Crippen molar-refractivity contribution in [2.45, 2.75) is 6.42 Å². The zero-order valence-electron chi connectivity index (χ0n) is 14.7. The van der Waals surface area contributed by atoms with Crippen LogP contribution in [-0.2, 0) is 9.59 Å². The Balaban J connectivity index is 1.27. The zero-order chi connectivity index (χ0) is 19.1. The van der Waals surface area contributed by atoms with Gasteiger partial charge in [0.05, 0.1) is 17.3 Å². The summed E-state index contributed by atoms with van der Waals surface area (Å²) in [4.78, 5) is 34.2. The van der Waals surface area contributed by atoms with Gasteiger partial charge in [-0.1, -0.05) is 0 Å². The number of aromatic nitrogens is 2. The number of amides is 2. The minimum atomic E-state index is -0.434. The molecule has 1 saturated heterocycles. The number of thiazole rings is 1. The zero-order valence-corrected chi connectivity index (χ0v) is 15.5. The van der Waals surface area contributed by atoms with Gasteiger partial charge in [0.15, 0.2) is 16.6 Å². The fraction of sp³-hybridized carbons (Fsp3) is 0.211. The number of H-pyrrole nitrogens is 1. The Morgan fingerprint density at radius 3 is 3.04 bits per heavy atom. The van der Waals surface area contributed by atoms with Crippen molar-refractivity contribution in [1.29, 1.82) is 0 Å². The second-order valence-corrected chi connectivity index (χ2v) is 7.41. The lowest BCUT2D eigenvalue weighted by molar-refractivity contribution is -0.122. The van der Waals surface area contributed by atoms with Crippen LogP contribution in [0.15, 0.2) is 41.9 Å². The molecule has 142 valence electrons. The van der Waals surface area contributed by atoms with Crippen LogP contribution in [0, 0.1) is 5.92 Å². The molecule has 4 heterocycles. The summed E-state index contributed by atoms with van der Waals surface area (Å²) < 4.78 is 10.7. The summed E-state index contributed by atoms with van der Waals surface area (Å²) in [6.45, 7) is 0.495. The van der Waals surface area contributed by atoms with Crippen LogP contribution in [0.4, 0.5) is 10.8 Å². The molecule has 1 aromatic carbocycles. The van der Waals surface area contributed by atoms with Gasteiger partial charge in [0.2, 0.25) is 18.6 Å². The predicted molar refractivity (Wildman–Crippen MR) is 104 cm³/mol. The minimum Gasteiger partial charge on any atom is -0.454 e. The molecule has 0 bridgehead atoms. The van der Waals surface area contributed by atoms with E-state index in [1.54, 1.807) is 23.1 Å². The van der Waals surface area contributed by atoms with Crippen molar-refractivity contribution in [3.63, 3.8) is 0 Å². The molecule has 2 aromatic heterocycles. The summed E-state index contributed by atoms with van der Waals surface area (Å²) in [6, 6.07) is 9.15. The molecular weight excluding hydrogens is 380 g/mol. The van der Waals surface area contributed by atoms with Gasteiger partial charge >= 0.3 is 0 Å². The van der Waals surface area contributed by atoms with E-state index in [0.717, 1.165) is 11.4 Å². The van der Waals surface area contributed by atoms with Gasteiger partial charge in [0.1, 0.15) is 0 Å². The van der Waals surface area contributed by atoms with Crippen LogP contribution >= 0.6 is 11.3 Å². The molecule has 0 saturated carbocycles. The molecule has 0 aliphatic carbocycles. The maximum Gasteiger partial charge on any atom is 0.231 e. The molecule has 0 unspecified atom stereocenters. The topological polar surface area (TPSA) is 96.5 Å². The largest absolute Gasteiger partial charge is 0.454 e. The maximum atomic E-state index is 12.6. The van der Waals surface area contributed by atoms with Crippen LogP contribution in [-0.4, -0.2) is 35.1 Å². The van der Waals surface area contributed by atoms with Crippen LogP contribution < -0.4 is 19.7 Å². The third-order valence-electron chi connectivity index (χ3n) is 4.77. The summed E-state index contributed by atoms with van der Waals surface area (Å²) >= 11 is 1.35. The summed E-state index contributed by atoms with van der Waals surface area (Å²) in [5.74, 6) is 0.536. The molecule has 1 atom stereocenters. The highest BCUT2D eigenvalue weighted by molar-refractivity contribution is 7.14. The highest BCUT2D eigenvalue weighted by atomic mass is 32.1. The first-order valence-corrected chi connectivity index (χ1v) is 9.65. The molecule has 0 spiro atoms. The molecule has 2 aliphatic rings. The molecular formula is C19H16N4O4S. The second-order valence-electron chi connectivity index (χ2n) is 6.55. The Bertz CT molecular complexity index is 1050. The Morgan fingerprint density at radius 1 is 1.29 bits per heavy atom. The van der Waals surface area contributed by atoms with Gasteiger partial charge in [-0.25, -0.2) is 4.98 Å². The van der Waals surface area contributed by atoms with E-state index >= 15 is 0 Å². The molecule has 1 fully saturated rings. The number of hydrogen-bond donors (Lipinski definition) is 2. The number of rotatable bonds is 4. The van der Waals surface area contributed by atoms with Gasteiger partial charge in [-0.15, -0.1) is 11.3 Å². The van der Waals surface area contributed by atoms with Crippen LogP contribution in [0.25, 0.3) is 11.4 Å². The Labute approximate surface area is 164 Å². The Hall–Kier alpha value is -3.33. The molecule has 2 aliphatic heterocycles. The van der Waals surface area contributed by atoms with E-state index in [0.29, 0.717) is 28.9 Å². The monoisotopic (exact) mass is 396 g/mol. The van der Waals surface area contributed by atoms with Crippen LogP contribution in [0.3, 0.4) is 0 Å². The van der Waals surface area contributed by atoms with Crippen molar-refractivity contribution in [2.75, 3.05) is 23.6 Å².